The molecule has 0 atom stereocenters. The average molecular weight is 865 g/mol. The summed E-state index contributed by atoms with van der Waals surface area (Å²) in [6, 6.07) is 8.72. The maximum absolute atomic E-state index is 11.7. The summed E-state index contributed by atoms with van der Waals surface area (Å²) in [5, 5.41) is 0.985. The molecule has 1 aromatic rings. The van der Waals surface area contributed by atoms with Crippen LogP contribution >= 0.6 is 12.2 Å². The lowest BCUT2D eigenvalue weighted by molar-refractivity contribution is -0.186. The van der Waals surface area contributed by atoms with Crippen LogP contribution in [-0.2, 0) is 35.2 Å². The Bertz CT molecular complexity index is 1490. The van der Waals surface area contributed by atoms with E-state index < -0.39 is 5.97 Å². The van der Waals surface area contributed by atoms with E-state index in [1.54, 1.807) is 11.0 Å². The number of nitrogens with zero attached hydrogens (tertiary/aromatic N) is 2. The number of unbranched alkanes of at least 4 members (excludes halogenated alkanes) is 6. The van der Waals surface area contributed by atoms with Crippen molar-refractivity contribution in [2.75, 3.05) is 6.54 Å². The summed E-state index contributed by atoms with van der Waals surface area (Å²) >= 11 is 5.47. The number of rotatable bonds is 28. The summed E-state index contributed by atoms with van der Waals surface area (Å²) in [6.07, 6.45) is 23.1. The second kappa shape index (κ2) is 33.8. The number of Topliss-reactive ketones (excluding diaryl/α,β-unsaturated/α-hetero) is 2. The summed E-state index contributed by atoms with van der Waals surface area (Å²) in [5.41, 5.74) is 3.88. The van der Waals surface area contributed by atoms with Crippen LogP contribution < -0.4 is 0 Å². The molecule has 1 aromatic carbocycles. The molecule has 2 heterocycles. The molecule has 0 unspecified atom stereocenters. The van der Waals surface area contributed by atoms with Crippen molar-refractivity contribution in [2.24, 2.45) is 17.8 Å². The zero-order valence-corrected chi connectivity index (χ0v) is 39.4. The van der Waals surface area contributed by atoms with Crippen molar-refractivity contribution in [3.05, 3.63) is 72.1 Å². The van der Waals surface area contributed by atoms with Crippen LogP contribution in [0.25, 0.3) is 0 Å². The Morgan fingerprint density at radius 2 is 1.15 bits per heavy atom. The number of hydrogen-bond donors (Lipinski definition) is 0. The van der Waals surface area contributed by atoms with Gasteiger partial charge in [0.25, 0.3) is 11.8 Å². The summed E-state index contributed by atoms with van der Waals surface area (Å²) in [7, 11) is 0. The lowest BCUT2D eigenvalue weighted by Gasteiger charge is -2.16. The summed E-state index contributed by atoms with van der Waals surface area (Å²) in [4.78, 5) is 65.8. The number of thiocarbonyl (C=S) groups is 1. The number of aryl methyl sites for hydroxylation is 1. The standard InChI is InChI=1S/C18H29NO4.C17H26S.C16H25NO2.CH4/c1-14(2)8-5-4-6-9-16(20)10-7-11-18(22)23-19-15(3)12-13-17(19)21;1-14(2)7-5-4-6-8-17(18)13-16-11-9-15(3)10-12-16;1-13(2)7-5-4-6-8-15(18)11-12-17-14(3)9-10-16(17)19;/h14H,3-13H2,1-2H3;9-12,14H,4-8,13H2,1-3H3;9-10,13H,3-8,11-12H2,1-2H3;1H4. The summed E-state index contributed by atoms with van der Waals surface area (Å²) in [5.74, 6) is 1.97. The van der Waals surface area contributed by atoms with Crippen LogP contribution in [0.1, 0.15) is 195 Å². The van der Waals surface area contributed by atoms with Crippen LogP contribution in [0.4, 0.5) is 0 Å². The molecule has 0 aromatic heterocycles. The van der Waals surface area contributed by atoms with Gasteiger partial charge in [-0.25, -0.2) is 4.79 Å². The summed E-state index contributed by atoms with van der Waals surface area (Å²) < 4.78 is 0. The predicted molar refractivity (Wildman–Crippen MR) is 258 cm³/mol. The minimum absolute atomic E-state index is 0. The zero-order valence-electron chi connectivity index (χ0n) is 38.6. The molecular weight excluding hydrogens is 781 g/mol. The molecular formula is C52H84N2O6S. The zero-order chi connectivity index (χ0) is 44.9. The van der Waals surface area contributed by atoms with Gasteiger partial charge in [-0.1, -0.05) is 162 Å². The number of amides is 2. The third-order valence-corrected chi connectivity index (χ3v) is 10.9. The molecule has 1 fully saturated rings. The van der Waals surface area contributed by atoms with E-state index >= 15 is 0 Å². The number of allylic oxidation sites excluding steroid dienone is 2. The second-order valence-corrected chi connectivity index (χ2v) is 18.5. The molecule has 1 saturated heterocycles. The predicted octanol–water partition coefficient (Wildman–Crippen LogP) is 13.5. The van der Waals surface area contributed by atoms with Crippen molar-refractivity contribution >= 4 is 46.4 Å². The lowest BCUT2D eigenvalue weighted by Crippen LogP contribution is -2.26. The van der Waals surface area contributed by atoms with Crippen molar-refractivity contribution in [3.8, 4) is 0 Å². The number of ketones is 2. The number of hydroxylamine groups is 2. The van der Waals surface area contributed by atoms with Gasteiger partial charge in [0.15, 0.2) is 0 Å². The number of hydrogen-bond acceptors (Lipinski definition) is 7. The van der Waals surface area contributed by atoms with Crippen molar-refractivity contribution in [1.29, 1.82) is 0 Å². The van der Waals surface area contributed by atoms with Gasteiger partial charge < -0.3 is 9.74 Å². The smallest absolute Gasteiger partial charge is 0.333 e. The van der Waals surface area contributed by atoms with E-state index in [9.17, 15) is 24.0 Å². The van der Waals surface area contributed by atoms with Crippen LogP contribution in [0.5, 0.6) is 0 Å². The molecule has 344 valence electrons. The first-order valence-corrected chi connectivity index (χ1v) is 23.4. The molecule has 61 heavy (non-hydrogen) atoms. The van der Waals surface area contributed by atoms with E-state index in [0.717, 1.165) is 61.3 Å². The molecule has 0 bridgehead atoms. The van der Waals surface area contributed by atoms with E-state index in [1.165, 1.54) is 73.4 Å². The third-order valence-electron chi connectivity index (χ3n) is 10.5. The van der Waals surface area contributed by atoms with Crippen LogP contribution in [0.3, 0.4) is 0 Å². The first kappa shape index (κ1) is 57.3. The second-order valence-electron chi connectivity index (χ2n) is 17.9. The number of carbonyl (C=O) groups excluding carboxylic acids is 5. The molecule has 2 amide bonds. The highest BCUT2D eigenvalue weighted by atomic mass is 32.1. The average Bonchev–Trinajstić information content (AvgIpc) is 3.68. The van der Waals surface area contributed by atoms with Gasteiger partial charge >= 0.3 is 5.97 Å². The lowest BCUT2D eigenvalue weighted by atomic mass is 10.0. The highest BCUT2D eigenvalue weighted by Gasteiger charge is 2.28. The minimum Gasteiger partial charge on any atom is -0.334 e. The molecule has 0 aliphatic carbocycles. The molecule has 9 heteroatoms. The molecule has 2 aliphatic rings. The topological polar surface area (TPSA) is 101 Å². The number of carbonyl (C=O) groups is 5. The number of benzene rings is 1. The van der Waals surface area contributed by atoms with Crippen LogP contribution in [0.2, 0.25) is 0 Å². The highest BCUT2D eigenvalue weighted by molar-refractivity contribution is 7.80. The van der Waals surface area contributed by atoms with Gasteiger partial charge in [-0.15, -0.1) is 5.06 Å². The van der Waals surface area contributed by atoms with E-state index in [4.69, 9.17) is 17.1 Å². The molecule has 2 aliphatic heterocycles. The largest absolute Gasteiger partial charge is 0.334 e. The van der Waals surface area contributed by atoms with Gasteiger partial charge in [0.2, 0.25) is 0 Å². The van der Waals surface area contributed by atoms with E-state index in [0.29, 0.717) is 62.9 Å². The van der Waals surface area contributed by atoms with Crippen LogP contribution in [0.15, 0.2) is 61.0 Å². The Morgan fingerprint density at radius 1 is 0.656 bits per heavy atom. The van der Waals surface area contributed by atoms with Gasteiger partial charge in [-0.2, -0.15) is 0 Å². The van der Waals surface area contributed by atoms with Crippen molar-refractivity contribution in [3.63, 3.8) is 0 Å². The fraction of sp³-hybridized carbons (Fsp3) is 0.654. The van der Waals surface area contributed by atoms with Gasteiger partial charge in [0.05, 0.1) is 5.70 Å². The molecule has 8 nitrogen and oxygen atoms in total. The minimum atomic E-state index is -0.480. The first-order chi connectivity index (χ1) is 28.5. The normalized spacial score (nSPS) is 13.3. The summed E-state index contributed by atoms with van der Waals surface area (Å²) in [6.45, 7) is 23.5. The quantitative estimate of drug-likeness (QED) is 0.0611. The Labute approximate surface area is 377 Å². The molecule has 0 radical (unpaired) electrons. The molecule has 0 saturated carbocycles. The van der Waals surface area contributed by atoms with Crippen molar-refractivity contribution < 1.29 is 28.8 Å². The van der Waals surface area contributed by atoms with E-state index in [1.807, 2.05) is 0 Å². The van der Waals surface area contributed by atoms with Gasteiger partial charge in [0.1, 0.15) is 11.6 Å². The van der Waals surface area contributed by atoms with Gasteiger partial charge in [-0.05, 0) is 79.7 Å². The fourth-order valence-electron chi connectivity index (χ4n) is 6.73. The van der Waals surface area contributed by atoms with E-state index in [2.05, 4.69) is 85.9 Å². The van der Waals surface area contributed by atoms with Crippen molar-refractivity contribution in [2.45, 2.75) is 197 Å². The monoisotopic (exact) mass is 865 g/mol. The maximum Gasteiger partial charge on any atom is 0.333 e. The Kier molecular flexibility index (Phi) is 31.8. The van der Waals surface area contributed by atoms with Gasteiger partial charge in [-0.3, -0.25) is 19.2 Å². The van der Waals surface area contributed by atoms with Crippen LogP contribution in [0, 0.1) is 24.7 Å². The fourth-order valence-corrected chi connectivity index (χ4v) is 7.04. The molecule has 3 rings (SSSR count). The third kappa shape index (κ3) is 29.3. The van der Waals surface area contributed by atoms with Crippen LogP contribution in [-0.4, -0.2) is 50.7 Å². The molecule has 0 spiro atoms. The first-order valence-electron chi connectivity index (χ1n) is 23.0. The Hall–Kier alpha value is -3.72. The molecule has 0 N–H and O–H groups in total. The Morgan fingerprint density at radius 3 is 1.61 bits per heavy atom. The maximum atomic E-state index is 11.7. The van der Waals surface area contributed by atoms with E-state index in [-0.39, 0.29) is 37.2 Å². The van der Waals surface area contributed by atoms with Crippen molar-refractivity contribution in [1.82, 2.24) is 9.96 Å². The van der Waals surface area contributed by atoms with Gasteiger partial charge in [0, 0.05) is 63.3 Å². The Balaban J connectivity index is 0.000000886. The SMILES string of the molecule is C.C=C1C=CC(=O)N1CCC(=O)CCCCCC(C)C.C=C1CCC(=O)N1OC(=O)CCCC(=O)CCCCCC(C)C.Cc1ccc(CC(=S)CCCCCC(C)C)cc1. The highest BCUT2D eigenvalue weighted by Crippen LogP contribution is 2.22.